The number of aromatic nitrogens is 1. The Labute approximate surface area is 324 Å². The number of aliphatic carboxylic acids is 1. The zero-order chi connectivity index (χ0) is 39.8. The van der Waals surface area contributed by atoms with Crippen LogP contribution in [0.1, 0.15) is 111 Å². The minimum Gasteiger partial charge on any atom is -0.494 e. The Hall–Kier alpha value is -5.90. The van der Waals surface area contributed by atoms with Gasteiger partial charge in [0, 0.05) is 41.7 Å². The molecule has 0 saturated heterocycles. The zero-order valence-electron chi connectivity index (χ0n) is 32.5. The van der Waals surface area contributed by atoms with Crippen molar-refractivity contribution in [1.29, 1.82) is 0 Å². The Balaban J connectivity index is 1.48. The van der Waals surface area contributed by atoms with Crippen molar-refractivity contribution in [2.24, 2.45) is 9.98 Å². The van der Waals surface area contributed by atoms with Crippen LogP contribution in [0.5, 0.6) is 5.75 Å². The summed E-state index contributed by atoms with van der Waals surface area (Å²) in [4.78, 5) is 52.1. The first kappa shape index (κ1) is 41.9. The van der Waals surface area contributed by atoms with Crippen molar-refractivity contribution in [3.8, 4) is 5.75 Å². The van der Waals surface area contributed by atoms with Gasteiger partial charge in [-0.05, 0) is 78.1 Å². The molecule has 3 aromatic carbocycles. The molecule has 0 aliphatic rings. The molecule has 4 rings (SSSR count). The van der Waals surface area contributed by atoms with Crippen molar-refractivity contribution < 1.29 is 24.2 Å². The maximum absolute atomic E-state index is 13.7. The second-order valence-corrected chi connectivity index (χ2v) is 14.5. The number of nitrogens with one attached hydrogen (secondary N) is 2. The molecule has 10 nitrogen and oxygen atoms in total. The lowest BCUT2D eigenvalue weighted by Crippen LogP contribution is -2.50. The van der Waals surface area contributed by atoms with E-state index in [0.29, 0.717) is 29.1 Å². The normalized spacial score (nSPS) is 13.0. The van der Waals surface area contributed by atoms with Gasteiger partial charge in [-0.2, -0.15) is 0 Å². The minimum atomic E-state index is -1.36. The van der Waals surface area contributed by atoms with E-state index in [9.17, 15) is 19.5 Å². The second kappa shape index (κ2) is 20.5. The fraction of sp³-hybridized carbons (Fsp3) is 0.333. The second-order valence-electron chi connectivity index (χ2n) is 14.5. The minimum absolute atomic E-state index is 0.0862. The summed E-state index contributed by atoms with van der Waals surface area (Å²) in [5, 5.41) is 15.4. The number of carbonyl (C=O) groups is 3. The Kier molecular flexibility index (Phi) is 15.6. The van der Waals surface area contributed by atoms with Crippen LogP contribution in [0.3, 0.4) is 0 Å². The van der Waals surface area contributed by atoms with E-state index in [1.165, 1.54) is 38.1 Å². The number of benzene rings is 3. The van der Waals surface area contributed by atoms with Gasteiger partial charge in [-0.1, -0.05) is 108 Å². The van der Waals surface area contributed by atoms with Gasteiger partial charge in [0.2, 0.25) is 5.91 Å². The first-order valence-electron chi connectivity index (χ1n) is 18.8. The Morgan fingerprint density at radius 2 is 1.53 bits per heavy atom. The number of carboxylic acid groups (broad SMARTS) is 1. The van der Waals surface area contributed by atoms with Crippen LogP contribution in [0, 0.1) is 0 Å². The van der Waals surface area contributed by atoms with E-state index >= 15 is 0 Å². The monoisotopic (exact) mass is 743 g/mol. The largest absolute Gasteiger partial charge is 0.494 e. The summed E-state index contributed by atoms with van der Waals surface area (Å²) < 4.78 is 5.90. The number of hydrogen-bond acceptors (Lipinski definition) is 6. The Morgan fingerprint density at radius 1 is 0.873 bits per heavy atom. The van der Waals surface area contributed by atoms with Crippen LogP contribution < -0.4 is 15.4 Å². The Bertz CT molecular complexity index is 1930. The quantitative estimate of drug-likeness (QED) is 0.0530. The van der Waals surface area contributed by atoms with Crippen molar-refractivity contribution in [3.63, 3.8) is 0 Å². The van der Waals surface area contributed by atoms with E-state index < -0.39 is 29.9 Å². The highest BCUT2D eigenvalue weighted by atomic mass is 16.5. The number of aliphatic imine (C=N–C) groups is 2. The number of hydrogen-bond donors (Lipinski definition) is 3. The fourth-order valence-corrected chi connectivity index (χ4v) is 5.82. The number of carbonyl (C=O) groups excluding carboxylic acids is 2. The van der Waals surface area contributed by atoms with E-state index in [1.54, 1.807) is 30.5 Å². The molecule has 10 heteroatoms. The lowest BCUT2D eigenvalue weighted by atomic mass is 9.86. The maximum atomic E-state index is 13.7. The van der Waals surface area contributed by atoms with E-state index in [2.05, 4.69) is 60.0 Å². The molecule has 288 valence electrons. The van der Waals surface area contributed by atoms with Gasteiger partial charge in [0.25, 0.3) is 5.91 Å². The highest BCUT2D eigenvalue weighted by Crippen LogP contribution is 2.23. The molecule has 0 fully saturated rings. The van der Waals surface area contributed by atoms with Crippen molar-refractivity contribution in [1.82, 2.24) is 15.6 Å². The van der Waals surface area contributed by atoms with Crippen LogP contribution >= 0.6 is 0 Å². The molecule has 0 aliphatic carbocycles. The van der Waals surface area contributed by atoms with Gasteiger partial charge in [-0.3, -0.25) is 14.6 Å². The van der Waals surface area contributed by atoms with Gasteiger partial charge < -0.3 is 20.5 Å². The molecule has 3 N–H and O–H groups in total. The SMILES string of the molecule is C=NC(=N/C=C(\C)c1ccc(OCCCCCCC)cc1)c1ccc(C[C@H](NC(=O)c2ccc(C(C)(C)C)cc2)C(=O)NC(C(=O)O)c2cccnc2)cc1. The molecule has 0 radical (unpaired) electrons. The number of rotatable bonds is 18. The average molecular weight is 744 g/mol. The number of carboxylic acids is 1. The van der Waals surface area contributed by atoms with Crippen molar-refractivity contribution in [2.45, 2.75) is 90.6 Å². The standard InChI is InChI=1S/C45H53N5O5/c1-7-8-9-10-11-27-55-38-24-20-33(21-25-38)31(2)29-48-41(46-6)34-16-14-32(15-17-34)28-39(43(52)50-40(44(53)54)36-13-12-26-47-30-36)49-42(51)35-18-22-37(23-19-35)45(3,4)5/h12-26,29-30,39-40H,6-11,27-28H2,1-5H3,(H,49,51)(H,50,52)(H,53,54)/b31-29+,48-41?/t39-,40?/m0/s1. The van der Waals surface area contributed by atoms with Crippen LogP contribution in [0.2, 0.25) is 0 Å². The number of amidine groups is 1. The van der Waals surface area contributed by atoms with E-state index in [1.807, 2.05) is 67.6 Å². The molecule has 2 atom stereocenters. The third-order valence-corrected chi connectivity index (χ3v) is 9.19. The summed E-state index contributed by atoms with van der Waals surface area (Å²) in [6, 6.07) is 23.1. The molecular formula is C45H53N5O5. The molecule has 0 aliphatic heterocycles. The smallest absolute Gasteiger partial charge is 0.330 e. The third-order valence-electron chi connectivity index (χ3n) is 9.19. The number of unbranched alkanes of at least 4 members (excludes halogenated alkanes) is 4. The molecule has 0 bridgehead atoms. The highest BCUT2D eigenvalue weighted by Gasteiger charge is 2.28. The van der Waals surface area contributed by atoms with Gasteiger partial charge in [0.15, 0.2) is 11.9 Å². The summed E-state index contributed by atoms with van der Waals surface area (Å²) in [6.07, 6.45) is 10.7. The van der Waals surface area contributed by atoms with Crippen LogP contribution in [-0.2, 0) is 21.4 Å². The number of ether oxygens (including phenoxy) is 1. The summed E-state index contributed by atoms with van der Waals surface area (Å²) in [5.74, 6) is -1.11. The topological polar surface area (TPSA) is 142 Å². The molecule has 2 amide bonds. The molecule has 0 saturated carbocycles. The molecule has 1 heterocycles. The maximum Gasteiger partial charge on any atom is 0.330 e. The van der Waals surface area contributed by atoms with Gasteiger partial charge >= 0.3 is 5.97 Å². The van der Waals surface area contributed by atoms with Gasteiger partial charge in [0.05, 0.1) is 6.61 Å². The number of pyridine rings is 1. The highest BCUT2D eigenvalue weighted by molar-refractivity contribution is 6.02. The number of nitrogens with zero attached hydrogens (tertiary/aromatic N) is 3. The van der Waals surface area contributed by atoms with E-state index in [4.69, 9.17) is 4.74 Å². The van der Waals surface area contributed by atoms with Crippen molar-refractivity contribution in [3.05, 3.63) is 137 Å². The van der Waals surface area contributed by atoms with Crippen LogP contribution in [0.25, 0.3) is 5.57 Å². The van der Waals surface area contributed by atoms with Crippen molar-refractivity contribution in [2.75, 3.05) is 6.61 Å². The molecule has 1 unspecified atom stereocenters. The van der Waals surface area contributed by atoms with Crippen LogP contribution in [0.4, 0.5) is 0 Å². The first-order valence-corrected chi connectivity index (χ1v) is 18.8. The number of amides is 2. The summed E-state index contributed by atoms with van der Waals surface area (Å²) >= 11 is 0. The predicted molar refractivity (Wildman–Crippen MR) is 220 cm³/mol. The lowest BCUT2D eigenvalue weighted by molar-refractivity contribution is -0.142. The molecular weight excluding hydrogens is 691 g/mol. The first-order chi connectivity index (χ1) is 26.4. The zero-order valence-corrected chi connectivity index (χ0v) is 32.5. The lowest BCUT2D eigenvalue weighted by Gasteiger charge is -2.22. The molecule has 0 spiro atoms. The molecule has 1 aromatic heterocycles. The van der Waals surface area contributed by atoms with Gasteiger partial charge in [-0.15, -0.1) is 0 Å². The van der Waals surface area contributed by atoms with Gasteiger partial charge in [0.1, 0.15) is 11.8 Å². The summed E-state index contributed by atoms with van der Waals surface area (Å²) in [6.45, 7) is 14.9. The van der Waals surface area contributed by atoms with Crippen LogP contribution in [0.15, 0.2) is 114 Å². The molecule has 4 aromatic rings. The van der Waals surface area contributed by atoms with Crippen molar-refractivity contribution >= 4 is 35.9 Å². The Morgan fingerprint density at radius 3 is 2.13 bits per heavy atom. The van der Waals surface area contributed by atoms with E-state index in [0.717, 1.165) is 34.4 Å². The molecule has 55 heavy (non-hydrogen) atoms. The van der Waals surface area contributed by atoms with Gasteiger partial charge in [-0.25, -0.2) is 14.8 Å². The van der Waals surface area contributed by atoms with E-state index in [-0.39, 0.29) is 11.8 Å². The summed E-state index contributed by atoms with van der Waals surface area (Å²) in [7, 11) is 0. The fourth-order valence-electron chi connectivity index (χ4n) is 5.82. The predicted octanol–water partition coefficient (Wildman–Crippen LogP) is 8.52. The summed E-state index contributed by atoms with van der Waals surface area (Å²) in [5.41, 5.74) is 5.01. The average Bonchev–Trinajstić information content (AvgIpc) is 3.18. The third kappa shape index (κ3) is 12.9. The van der Waals surface area contributed by atoms with Crippen LogP contribution in [-0.4, -0.2) is 53.1 Å². The number of allylic oxidation sites excluding steroid dienone is 1.